The molecular weight excluding hydrogens is 386 g/mol. The number of carbonyl (C=O) groups excluding carboxylic acids is 3. The number of esters is 1. The van der Waals surface area contributed by atoms with Crippen molar-refractivity contribution < 1.29 is 27.5 Å². The molecule has 0 saturated heterocycles. The van der Waals surface area contributed by atoms with Crippen LogP contribution in [0, 0.1) is 5.92 Å². The minimum atomic E-state index is -3.76. The molecule has 9 nitrogen and oxygen atoms in total. The first kappa shape index (κ1) is 23.6. The summed E-state index contributed by atoms with van der Waals surface area (Å²) in [6.45, 7) is 6.98. The van der Waals surface area contributed by atoms with Gasteiger partial charge in [-0.3, -0.25) is 10.1 Å². The van der Waals surface area contributed by atoms with E-state index in [1.807, 2.05) is 19.2 Å². The van der Waals surface area contributed by atoms with Crippen molar-refractivity contribution in [2.24, 2.45) is 5.92 Å². The molecule has 0 saturated carbocycles. The molecule has 0 fully saturated rings. The number of carbonyl (C=O) groups is 3. The smallest absolute Gasteiger partial charge is 0.338 e. The molecule has 1 aromatic carbocycles. The van der Waals surface area contributed by atoms with Crippen LogP contribution < -0.4 is 10.6 Å². The van der Waals surface area contributed by atoms with Gasteiger partial charge in [0.05, 0.1) is 10.5 Å². The highest BCUT2D eigenvalue weighted by molar-refractivity contribution is 7.89. The monoisotopic (exact) mass is 413 g/mol. The van der Waals surface area contributed by atoms with E-state index in [2.05, 4.69) is 5.32 Å². The van der Waals surface area contributed by atoms with Crippen molar-refractivity contribution in [1.29, 1.82) is 0 Å². The largest absolute Gasteiger partial charge is 0.452 e. The van der Waals surface area contributed by atoms with Crippen LogP contribution in [0.5, 0.6) is 0 Å². The van der Waals surface area contributed by atoms with Crippen molar-refractivity contribution in [2.75, 3.05) is 20.2 Å². The number of benzene rings is 1. The van der Waals surface area contributed by atoms with Crippen LogP contribution in [-0.4, -0.2) is 56.9 Å². The maximum absolute atomic E-state index is 12.5. The zero-order chi connectivity index (χ0) is 21.5. The van der Waals surface area contributed by atoms with Gasteiger partial charge in [-0.25, -0.2) is 18.0 Å². The highest BCUT2D eigenvalue weighted by Crippen LogP contribution is 2.18. The van der Waals surface area contributed by atoms with Crippen molar-refractivity contribution in [2.45, 2.75) is 38.6 Å². The number of sulfonamides is 1. The van der Waals surface area contributed by atoms with Gasteiger partial charge in [-0.1, -0.05) is 19.9 Å². The van der Waals surface area contributed by atoms with Crippen molar-refractivity contribution >= 4 is 27.9 Å². The van der Waals surface area contributed by atoms with Crippen LogP contribution in [-0.2, 0) is 19.6 Å². The second-order valence-corrected chi connectivity index (χ2v) is 8.87. The number of nitrogens with one attached hydrogen (secondary N) is 2. The lowest BCUT2D eigenvalue weighted by Crippen LogP contribution is -2.42. The van der Waals surface area contributed by atoms with Gasteiger partial charge in [-0.05, 0) is 38.0 Å². The summed E-state index contributed by atoms with van der Waals surface area (Å²) in [5.41, 5.74) is -0.0182. The molecule has 0 aliphatic heterocycles. The lowest BCUT2D eigenvalue weighted by atomic mass is 10.2. The molecule has 1 aromatic rings. The molecule has 0 radical (unpaired) electrons. The van der Waals surface area contributed by atoms with E-state index in [1.54, 1.807) is 13.8 Å². The number of urea groups is 1. The standard InChI is InChI=1S/C18H27N3O6S/c1-12(2)10-19-18(24)20-16(22)11-27-17(23)14-7-6-8-15(9-14)28(25,26)21(5)13(3)4/h6-9,12-13H,10-11H2,1-5H3,(H2,19,20,22,24). The molecule has 0 unspecified atom stereocenters. The summed E-state index contributed by atoms with van der Waals surface area (Å²) < 4.78 is 31.1. The SMILES string of the molecule is CC(C)CNC(=O)NC(=O)COC(=O)c1cccc(S(=O)(=O)N(C)C(C)C)c1. The van der Waals surface area contributed by atoms with Gasteiger partial charge in [0, 0.05) is 19.6 Å². The van der Waals surface area contributed by atoms with Crippen LogP contribution in [0.2, 0.25) is 0 Å². The summed E-state index contributed by atoms with van der Waals surface area (Å²) in [7, 11) is -2.32. The zero-order valence-corrected chi connectivity index (χ0v) is 17.5. The summed E-state index contributed by atoms with van der Waals surface area (Å²) >= 11 is 0. The molecule has 0 bridgehead atoms. The fraction of sp³-hybridized carbons (Fsp3) is 0.500. The fourth-order valence-electron chi connectivity index (χ4n) is 1.95. The molecule has 0 atom stereocenters. The Bertz CT molecular complexity index is 820. The van der Waals surface area contributed by atoms with Crippen LogP contribution in [0.4, 0.5) is 4.79 Å². The minimum absolute atomic E-state index is 0.0182. The van der Waals surface area contributed by atoms with Crippen LogP contribution in [0.3, 0.4) is 0 Å². The summed E-state index contributed by atoms with van der Waals surface area (Å²) in [6.07, 6.45) is 0. The number of hydrogen-bond acceptors (Lipinski definition) is 6. The third kappa shape index (κ3) is 6.93. The van der Waals surface area contributed by atoms with Crippen molar-refractivity contribution in [3.8, 4) is 0 Å². The Morgan fingerprint density at radius 3 is 2.36 bits per heavy atom. The van der Waals surface area contributed by atoms with Gasteiger partial charge in [0.25, 0.3) is 5.91 Å². The number of amides is 3. The van der Waals surface area contributed by atoms with Gasteiger partial charge in [0.2, 0.25) is 10.0 Å². The lowest BCUT2D eigenvalue weighted by Gasteiger charge is -2.21. The first-order valence-electron chi connectivity index (χ1n) is 8.78. The zero-order valence-electron chi connectivity index (χ0n) is 16.7. The normalized spacial score (nSPS) is 11.6. The van der Waals surface area contributed by atoms with E-state index < -0.39 is 34.5 Å². The van der Waals surface area contributed by atoms with Crippen LogP contribution >= 0.6 is 0 Å². The Morgan fingerprint density at radius 2 is 1.79 bits per heavy atom. The Labute approximate surface area is 165 Å². The molecule has 28 heavy (non-hydrogen) atoms. The molecule has 0 heterocycles. The predicted octanol–water partition coefficient (Wildman–Crippen LogP) is 1.35. The van der Waals surface area contributed by atoms with Gasteiger partial charge in [0.1, 0.15) is 0 Å². The third-order valence-corrected chi connectivity index (χ3v) is 5.76. The fourth-order valence-corrected chi connectivity index (χ4v) is 3.36. The number of rotatable bonds is 8. The number of ether oxygens (including phenoxy) is 1. The Kier molecular flexibility index (Phi) is 8.58. The predicted molar refractivity (Wildman–Crippen MR) is 103 cm³/mol. The average Bonchev–Trinajstić information content (AvgIpc) is 2.63. The van der Waals surface area contributed by atoms with Crippen molar-refractivity contribution in [3.63, 3.8) is 0 Å². The summed E-state index contributed by atoms with van der Waals surface area (Å²) in [6, 6.07) is 4.41. The van der Waals surface area contributed by atoms with Crippen LogP contribution in [0.25, 0.3) is 0 Å². The van der Waals surface area contributed by atoms with Gasteiger partial charge < -0.3 is 10.1 Å². The Hall–Kier alpha value is -2.46. The second-order valence-electron chi connectivity index (χ2n) is 6.87. The molecule has 0 aromatic heterocycles. The molecule has 2 N–H and O–H groups in total. The van der Waals surface area contributed by atoms with Gasteiger partial charge >= 0.3 is 12.0 Å². The first-order chi connectivity index (χ1) is 12.9. The maximum atomic E-state index is 12.5. The quantitative estimate of drug-likeness (QED) is 0.621. The lowest BCUT2D eigenvalue weighted by molar-refractivity contribution is -0.123. The molecule has 1 rings (SSSR count). The molecule has 0 aliphatic rings. The Balaban J connectivity index is 2.71. The van der Waals surface area contributed by atoms with E-state index in [4.69, 9.17) is 4.74 Å². The summed E-state index contributed by atoms with van der Waals surface area (Å²) in [5.74, 6) is -1.45. The highest BCUT2D eigenvalue weighted by Gasteiger charge is 2.24. The molecule has 156 valence electrons. The van der Waals surface area contributed by atoms with E-state index >= 15 is 0 Å². The van der Waals surface area contributed by atoms with Crippen LogP contribution in [0.1, 0.15) is 38.1 Å². The second kappa shape index (κ2) is 10.2. The topological polar surface area (TPSA) is 122 Å². The van der Waals surface area contributed by atoms with Crippen molar-refractivity contribution in [1.82, 2.24) is 14.9 Å². The summed E-state index contributed by atoms with van der Waals surface area (Å²) in [5, 5.41) is 4.53. The third-order valence-electron chi connectivity index (χ3n) is 3.73. The number of hydrogen-bond donors (Lipinski definition) is 2. The maximum Gasteiger partial charge on any atom is 0.338 e. The van der Waals surface area contributed by atoms with Gasteiger partial charge in [0.15, 0.2) is 6.61 Å². The van der Waals surface area contributed by atoms with E-state index in [-0.39, 0.29) is 22.4 Å². The van der Waals surface area contributed by atoms with Crippen molar-refractivity contribution in [3.05, 3.63) is 29.8 Å². The molecule has 10 heteroatoms. The summed E-state index contributed by atoms with van der Waals surface area (Å²) in [4.78, 5) is 35.2. The Morgan fingerprint density at radius 1 is 1.14 bits per heavy atom. The van der Waals surface area contributed by atoms with E-state index in [0.717, 1.165) is 0 Å². The van der Waals surface area contributed by atoms with E-state index in [9.17, 15) is 22.8 Å². The molecule has 3 amide bonds. The van der Waals surface area contributed by atoms with Crippen LogP contribution in [0.15, 0.2) is 29.2 Å². The van der Waals surface area contributed by atoms with Gasteiger partial charge in [-0.2, -0.15) is 4.31 Å². The molecule has 0 spiro atoms. The highest BCUT2D eigenvalue weighted by atomic mass is 32.2. The first-order valence-corrected chi connectivity index (χ1v) is 10.2. The van der Waals surface area contributed by atoms with Gasteiger partial charge in [-0.15, -0.1) is 0 Å². The van der Waals surface area contributed by atoms with E-state index in [0.29, 0.717) is 6.54 Å². The number of nitrogens with zero attached hydrogens (tertiary/aromatic N) is 1. The molecular formula is C18H27N3O6S. The van der Waals surface area contributed by atoms with E-state index in [1.165, 1.54) is 35.6 Å². The molecule has 0 aliphatic carbocycles. The minimum Gasteiger partial charge on any atom is -0.452 e. The number of imide groups is 1. The average molecular weight is 413 g/mol.